The molecule has 0 unspecified atom stereocenters. The van der Waals surface area contributed by atoms with Crippen LogP contribution in [0.5, 0.6) is 5.75 Å². The molecule has 0 saturated heterocycles. The highest BCUT2D eigenvalue weighted by atomic mass is 32.1. The predicted molar refractivity (Wildman–Crippen MR) is 59.6 cm³/mol. The lowest BCUT2D eigenvalue weighted by atomic mass is 10.1. The SMILES string of the molecule is NC(=S)N(N)C(=O)Cc1cccc(O)c1. The van der Waals surface area contributed by atoms with E-state index >= 15 is 0 Å². The van der Waals surface area contributed by atoms with E-state index in [0.717, 1.165) is 0 Å². The number of thiocarbonyl (C=S) groups is 1. The molecule has 0 saturated carbocycles. The van der Waals surface area contributed by atoms with E-state index in [1.54, 1.807) is 12.1 Å². The fourth-order valence-electron chi connectivity index (χ4n) is 1.05. The van der Waals surface area contributed by atoms with Crippen LogP contribution in [0.2, 0.25) is 0 Å². The molecule has 0 aliphatic carbocycles. The summed E-state index contributed by atoms with van der Waals surface area (Å²) in [6, 6.07) is 6.33. The van der Waals surface area contributed by atoms with Gasteiger partial charge >= 0.3 is 0 Å². The number of phenols is 1. The van der Waals surface area contributed by atoms with Crippen molar-refractivity contribution in [2.75, 3.05) is 0 Å². The molecular formula is C9H11N3O2S. The zero-order chi connectivity index (χ0) is 11.4. The Balaban J connectivity index is 2.70. The second kappa shape index (κ2) is 4.72. The van der Waals surface area contributed by atoms with Crippen LogP contribution in [0.25, 0.3) is 0 Å². The Morgan fingerprint density at radius 1 is 1.53 bits per heavy atom. The lowest BCUT2D eigenvalue weighted by Gasteiger charge is -2.13. The molecule has 6 heteroatoms. The van der Waals surface area contributed by atoms with Crippen molar-refractivity contribution in [1.29, 1.82) is 0 Å². The smallest absolute Gasteiger partial charge is 0.247 e. The van der Waals surface area contributed by atoms with Crippen LogP contribution in [0.3, 0.4) is 0 Å². The molecule has 15 heavy (non-hydrogen) atoms. The second-order valence-electron chi connectivity index (χ2n) is 2.95. The highest BCUT2D eigenvalue weighted by Crippen LogP contribution is 2.11. The molecule has 5 N–H and O–H groups in total. The Hall–Kier alpha value is -1.66. The number of carbonyl (C=O) groups is 1. The van der Waals surface area contributed by atoms with Gasteiger partial charge in [0.2, 0.25) is 5.91 Å². The number of hydrazine groups is 1. The van der Waals surface area contributed by atoms with Gasteiger partial charge in [0.1, 0.15) is 5.75 Å². The van der Waals surface area contributed by atoms with Crippen molar-refractivity contribution in [3.63, 3.8) is 0 Å². The zero-order valence-electron chi connectivity index (χ0n) is 7.88. The van der Waals surface area contributed by atoms with Crippen LogP contribution in [-0.4, -0.2) is 21.1 Å². The first-order valence-corrected chi connectivity index (χ1v) is 4.56. The van der Waals surface area contributed by atoms with Crippen molar-refractivity contribution in [3.05, 3.63) is 29.8 Å². The van der Waals surface area contributed by atoms with E-state index in [1.165, 1.54) is 12.1 Å². The minimum absolute atomic E-state index is 0.0439. The Morgan fingerprint density at radius 2 is 2.20 bits per heavy atom. The molecule has 0 fully saturated rings. The van der Waals surface area contributed by atoms with Gasteiger partial charge in [-0.05, 0) is 29.9 Å². The van der Waals surface area contributed by atoms with Crippen LogP contribution >= 0.6 is 12.2 Å². The third kappa shape index (κ3) is 3.19. The van der Waals surface area contributed by atoms with E-state index in [2.05, 4.69) is 12.2 Å². The summed E-state index contributed by atoms with van der Waals surface area (Å²) in [7, 11) is 0. The van der Waals surface area contributed by atoms with Crippen molar-refractivity contribution >= 4 is 23.2 Å². The van der Waals surface area contributed by atoms with Crippen LogP contribution in [-0.2, 0) is 11.2 Å². The summed E-state index contributed by atoms with van der Waals surface area (Å²) in [4.78, 5) is 11.4. The maximum atomic E-state index is 11.4. The normalized spacial score (nSPS) is 9.67. The molecule has 1 aromatic carbocycles. The van der Waals surface area contributed by atoms with Crippen LogP contribution < -0.4 is 11.6 Å². The first kappa shape index (κ1) is 11.4. The number of aromatic hydroxyl groups is 1. The van der Waals surface area contributed by atoms with E-state index in [1.807, 2.05) is 0 Å². The molecule has 1 rings (SSSR count). The Morgan fingerprint density at radius 3 is 2.73 bits per heavy atom. The minimum atomic E-state index is -0.423. The van der Waals surface area contributed by atoms with Gasteiger partial charge in [0.05, 0.1) is 6.42 Å². The largest absolute Gasteiger partial charge is 0.508 e. The maximum absolute atomic E-state index is 11.4. The highest BCUT2D eigenvalue weighted by molar-refractivity contribution is 7.80. The van der Waals surface area contributed by atoms with Crippen molar-refractivity contribution in [3.8, 4) is 5.75 Å². The van der Waals surface area contributed by atoms with Gasteiger partial charge in [-0.1, -0.05) is 12.1 Å². The van der Waals surface area contributed by atoms with Crippen molar-refractivity contribution < 1.29 is 9.90 Å². The van der Waals surface area contributed by atoms with Crippen LogP contribution in [0, 0.1) is 0 Å². The Labute approximate surface area is 92.3 Å². The van der Waals surface area contributed by atoms with Gasteiger partial charge in [-0.15, -0.1) is 0 Å². The third-order valence-corrected chi connectivity index (χ3v) is 1.97. The number of amides is 1. The Kier molecular flexibility index (Phi) is 3.59. The van der Waals surface area contributed by atoms with Crippen molar-refractivity contribution in [2.24, 2.45) is 11.6 Å². The van der Waals surface area contributed by atoms with Crippen LogP contribution in [0.1, 0.15) is 5.56 Å². The number of nitrogens with zero attached hydrogens (tertiary/aromatic N) is 1. The third-order valence-electron chi connectivity index (χ3n) is 1.77. The lowest BCUT2D eigenvalue weighted by molar-refractivity contribution is -0.126. The van der Waals surface area contributed by atoms with Crippen molar-refractivity contribution in [2.45, 2.75) is 6.42 Å². The van der Waals surface area contributed by atoms with Crippen molar-refractivity contribution in [1.82, 2.24) is 5.01 Å². The molecule has 0 bridgehead atoms. The molecule has 5 nitrogen and oxygen atoms in total. The molecular weight excluding hydrogens is 214 g/mol. The summed E-state index contributed by atoms with van der Waals surface area (Å²) >= 11 is 4.54. The van der Waals surface area contributed by atoms with E-state index < -0.39 is 5.91 Å². The fraction of sp³-hybridized carbons (Fsp3) is 0.111. The van der Waals surface area contributed by atoms with Gasteiger partial charge in [-0.2, -0.15) is 0 Å². The van der Waals surface area contributed by atoms with Gasteiger partial charge < -0.3 is 10.8 Å². The van der Waals surface area contributed by atoms with Gasteiger partial charge in [0.15, 0.2) is 5.11 Å². The summed E-state index contributed by atoms with van der Waals surface area (Å²) in [6.07, 6.45) is 0.0439. The summed E-state index contributed by atoms with van der Waals surface area (Å²) in [5, 5.41) is 9.69. The summed E-state index contributed by atoms with van der Waals surface area (Å²) in [5.74, 6) is 4.97. The molecule has 0 radical (unpaired) electrons. The minimum Gasteiger partial charge on any atom is -0.508 e. The second-order valence-corrected chi connectivity index (χ2v) is 3.37. The number of rotatable bonds is 2. The average Bonchev–Trinajstić information content (AvgIpc) is 2.16. The number of nitrogens with two attached hydrogens (primary N) is 2. The lowest BCUT2D eigenvalue weighted by Crippen LogP contribution is -2.46. The predicted octanol–water partition coefficient (Wildman–Crippen LogP) is -0.119. The van der Waals surface area contributed by atoms with Gasteiger partial charge in [-0.3, -0.25) is 4.79 Å². The summed E-state index contributed by atoms with van der Waals surface area (Å²) < 4.78 is 0. The first-order valence-electron chi connectivity index (χ1n) is 4.15. The number of hydrogen-bond acceptors (Lipinski definition) is 4. The van der Waals surface area contributed by atoms with Gasteiger partial charge in [-0.25, -0.2) is 10.9 Å². The standard InChI is InChI=1S/C9H11N3O2S/c10-9(15)12(11)8(14)5-6-2-1-3-7(13)4-6/h1-4,13H,5,11H2,(H2,10,15). The van der Waals surface area contributed by atoms with Crippen LogP contribution in [0.15, 0.2) is 24.3 Å². The molecule has 0 atom stereocenters. The molecule has 80 valence electrons. The quantitative estimate of drug-likeness (QED) is 0.282. The summed E-state index contributed by atoms with van der Waals surface area (Å²) in [6.45, 7) is 0. The van der Waals surface area contributed by atoms with E-state index in [0.29, 0.717) is 10.6 Å². The zero-order valence-corrected chi connectivity index (χ0v) is 8.70. The maximum Gasteiger partial charge on any atom is 0.247 e. The van der Waals surface area contributed by atoms with Crippen LogP contribution in [0.4, 0.5) is 0 Å². The monoisotopic (exact) mass is 225 g/mol. The van der Waals surface area contributed by atoms with Gasteiger partial charge in [0, 0.05) is 0 Å². The van der Waals surface area contributed by atoms with Gasteiger partial charge in [0.25, 0.3) is 0 Å². The highest BCUT2D eigenvalue weighted by Gasteiger charge is 2.12. The fourth-order valence-corrected chi connectivity index (χ4v) is 1.15. The number of carbonyl (C=O) groups excluding carboxylic acids is 1. The van der Waals surface area contributed by atoms with E-state index in [-0.39, 0.29) is 17.3 Å². The average molecular weight is 225 g/mol. The molecule has 0 heterocycles. The molecule has 1 amide bonds. The number of phenolic OH excluding ortho intramolecular Hbond substituents is 1. The van der Waals surface area contributed by atoms with E-state index in [9.17, 15) is 4.79 Å². The topological polar surface area (TPSA) is 92.6 Å². The number of hydrogen-bond donors (Lipinski definition) is 3. The molecule has 1 aromatic rings. The molecule has 0 aromatic heterocycles. The number of benzene rings is 1. The Bertz CT molecular complexity index is 395. The molecule has 0 spiro atoms. The summed E-state index contributed by atoms with van der Waals surface area (Å²) in [5.41, 5.74) is 5.83. The first-order chi connectivity index (χ1) is 7.00. The molecule has 0 aliphatic rings. The molecule has 0 aliphatic heterocycles. The van der Waals surface area contributed by atoms with E-state index in [4.69, 9.17) is 16.7 Å².